The quantitative estimate of drug-likeness (QED) is 0.887. The fourth-order valence-corrected chi connectivity index (χ4v) is 2.92. The molecular formula is C15H23N3O. The maximum Gasteiger partial charge on any atom is 0.225 e. The lowest BCUT2D eigenvalue weighted by molar-refractivity contribution is 0.0443. The van der Waals surface area contributed by atoms with E-state index in [1.165, 1.54) is 25.0 Å². The van der Waals surface area contributed by atoms with E-state index in [1.54, 1.807) is 0 Å². The second-order valence-corrected chi connectivity index (χ2v) is 6.50. The van der Waals surface area contributed by atoms with Crippen molar-refractivity contribution in [2.24, 2.45) is 5.92 Å². The first-order valence-corrected chi connectivity index (χ1v) is 7.28. The first-order chi connectivity index (χ1) is 8.95. The molecule has 3 rings (SSSR count). The van der Waals surface area contributed by atoms with Crippen LogP contribution in [-0.2, 0) is 0 Å². The molecule has 1 aliphatic carbocycles. The Bertz CT molecular complexity index is 482. The number of anilines is 1. The Morgan fingerprint density at radius 1 is 1.37 bits per heavy atom. The van der Waals surface area contributed by atoms with E-state index in [-0.39, 0.29) is 5.92 Å². The summed E-state index contributed by atoms with van der Waals surface area (Å²) >= 11 is 0. The Balaban J connectivity index is 1.86. The van der Waals surface area contributed by atoms with E-state index in [1.807, 2.05) is 13.8 Å². The van der Waals surface area contributed by atoms with Gasteiger partial charge in [-0.3, -0.25) is 0 Å². The molecule has 0 amide bonds. The molecule has 1 aliphatic heterocycles. The zero-order valence-corrected chi connectivity index (χ0v) is 12.1. The van der Waals surface area contributed by atoms with Crippen LogP contribution in [0.15, 0.2) is 6.07 Å². The number of aliphatic hydroxyl groups is 1. The third kappa shape index (κ3) is 2.34. The SMILES string of the molecule is Cc1cc(C2CCC2)nc(N2C[C@@H](C)[C@@](C)(O)C2)n1. The molecule has 0 radical (unpaired) electrons. The highest BCUT2D eigenvalue weighted by Gasteiger charge is 2.39. The summed E-state index contributed by atoms with van der Waals surface area (Å²) in [5.74, 6) is 1.68. The summed E-state index contributed by atoms with van der Waals surface area (Å²) < 4.78 is 0. The summed E-state index contributed by atoms with van der Waals surface area (Å²) in [6.45, 7) is 7.48. The van der Waals surface area contributed by atoms with Crippen LogP contribution < -0.4 is 4.90 Å². The van der Waals surface area contributed by atoms with Crippen LogP contribution in [0.25, 0.3) is 0 Å². The fraction of sp³-hybridized carbons (Fsp3) is 0.733. The van der Waals surface area contributed by atoms with Crippen LogP contribution in [0, 0.1) is 12.8 Å². The molecule has 0 aromatic carbocycles. The maximum absolute atomic E-state index is 10.3. The van der Waals surface area contributed by atoms with E-state index >= 15 is 0 Å². The second kappa shape index (κ2) is 4.44. The number of β-amino-alcohol motifs (C(OH)–C–C–N with tert-alkyl or cyclic N) is 1. The lowest BCUT2D eigenvalue weighted by Gasteiger charge is -2.26. The minimum absolute atomic E-state index is 0.253. The lowest BCUT2D eigenvalue weighted by atomic mass is 9.83. The molecule has 1 saturated heterocycles. The van der Waals surface area contributed by atoms with Crippen molar-refractivity contribution in [1.29, 1.82) is 0 Å². The van der Waals surface area contributed by atoms with Crippen molar-refractivity contribution in [2.45, 2.75) is 51.6 Å². The molecule has 1 saturated carbocycles. The van der Waals surface area contributed by atoms with Crippen LogP contribution in [0.5, 0.6) is 0 Å². The van der Waals surface area contributed by atoms with Gasteiger partial charge in [-0.05, 0) is 32.8 Å². The smallest absolute Gasteiger partial charge is 0.225 e. The first-order valence-electron chi connectivity index (χ1n) is 7.28. The monoisotopic (exact) mass is 261 g/mol. The van der Waals surface area contributed by atoms with Crippen LogP contribution in [-0.4, -0.2) is 33.8 Å². The van der Waals surface area contributed by atoms with Gasteiger partial charge in [0.2, 0.25) is 5.95 Å². The minimum atomic E-state index is -0.635. The number of aryl methyl sites for hydroxylation is 1. The van der Waals surface area contributed by atoms with Crippen LogP contribution in [0.4, 0.5) is 5.95 Å². The minimum Gasteiger partial charge on any atom is -0.388 e. The van der Waals surface area contributed by atoms with E-state index < -0.39 is 5.60 Å². The number of rotatable bonds is 2. The van der Waals surface area contributed by atoms with Crippen LogP contribution in [0.1, 0.15) is 50.4 Å². The van der Waals surface area contributed by atoms with Crippen molar-refractivity contribution in [3.63, 3.8) is 0 Å². The van der Waals surface area contributed by atoms with Crippen molar-refractivity contribution in [3.8, 4) is 0 Å². The molecule has 2 fully saturated rings. The van der Waals surface area contributed by atoms with Gasteiger partial charge in [0.1, 0.15) is 0 Å². The van der Waals surface area contributed by atoms with Gasteiger partial charge in [0.25, 0.3) is 0 Å². The van der Waals surface area contributed by atoms with Gasteiger partial charge in [-0.1, -0.05) is 13.3 Å². The lowest BCUT2D eigenvalue weighted by Crippen LogP contribution is -2.33. The molecule has 2 heterocycles. The van der Waals surface area contributed by atoms with Gasteiger partial charge in [0.15, 0.2) is 0 Å². The number of hydrogen-bond acceptors (Lipinski definition) is 4. The molecule has 4 heteroatoms. The van der Waals surface area contributed by atoms with Crippen molar-refractivity contribution in [1.82, 2.24) is 9.97 Å². The van der Waals surface area contributed by atoms with Crippen LogP contribution in [0.3, 0.4) is 0 Å². The van der Waals surface area contributed by atoms with Crippen molar-refractivity contribution in [2.75, 3.05) is 18.0 Å². The molecular weight excluding hydrogens is 238 g/mol. The zero-order chi connectivity index (χ0) is 13.6. The van der Waals surface area contributed by atoms with E-state index in [2.05, 4.69) is 22.9 Å². The molecule has 0 bridgehead atoms. The molecule has 1 N–H and O–H groups in total. The molecule has 2 atom stereocenters. The molecule has 2 aliphatic rings. The van der Waals surface area contributed by atoms with Gasteiger partial charge in [0.05, 0.1) is 5.60 Å². The van der Waals surface area contributed by atoms with Gasteiger partial charge >= 0.3 is 0 Å². The number of hydrogen-bond donors (Lipinski definition) is 1. The fourth-order valence-electron chi connectivity index (χ4n) is 2.92. The summed E-state index contributed by atoms with van der Waals surface area (Å²) in [4.78, 5) is 11.4. The highest BCUT2D eigenvalue weighted by Crippen LogP contribution is 2.36. The van der Waals surface area contributed by atoms with E-state index in [0.717, 1.165) is 18.2 Å². The Morgan fingerprint density at radius 2 is 2.11 bits per heavy atom. The normalized spacial score (nSPS) is 31.6. The van der Waals surface area contributed by atoms with E-state index in [4.69, 9.17) is 4.98 Å². The van der Waals surface area contributed by atoms with Gasteiger partial charge in [-0.25, -0.2) is 9.97 Å². The molecule has 104 valence electrons. The average molecular weight is 261 g/mol. The third-order valence-electron chi connectivity index (χ3n) is 4.74. The van der Waals surface area contributed by atoms with Crippen molar-refractivity contribution < 1.29 is 5.11 Å². The van der Waals surface area contributed by atoms with Crippen LogP contribution in [0.2, 0.25) is 0 Å². The van der Waals surface area contributed by atoms with Crippen molar-refractivity contribution in [3.05, 3.63) is 17.5 Å². The predicted octanol–water partition coefficient (Wildman–Crippen LogP) is 2.26. The summed E-state index contributed by atoms with van der Waals surface area (Å²) in [6, 6.07) is 2.12. The Hall–Kier alpha value is -1.16. The third-order valence-corrected chi connectivity index (χ3v) is 4.74. The highest BCUT2D eigenvalue weighted by atomic mass is 16.3. The first kappa shape index (κ1) is 12.9. The van der Waals surface area contributed by atoms with Gasteiger partial charge in [-0.2, -0.15) is 0 Å². The molecule has 0 spiro atoms. The van der Waals surface area contributed by atoms with E-state index in [0.29, 0.717) is 12.5 Å². The summed E-state index contributed by atoms with van der Waals surface area (Å²) in [7, 11) is 0. The van der Waals surface area contributed by atoms with Crippen molar-refractivity contribution >= 4 is 5.95 Å². The number of nitrogens with zero attached hydrogens (tertiary/aromatic N) is 3. The zero-order valence-electron chi connectivity index (χ0n) is 12.1. The topological polar surface area (TPSA) is 49.2 Å². The van der Waals surface area contributed by atoms with E-state index in [9.17, 15) is 5.11 Å². The summed E-state index contributed by atoms with van der Waals surface area (Å²) in [5, 5.41) is 10.3. The van der Waals surface area contributed by atoms with Gasteiger partial charge in [-0.15, -0.1) is 0 Å². The Morgan fingerprint density at radius 3 is 2.63 bits per heavy atom. The Labute approximate surface area is 114 Å². The Kier molecular flexibility index (Phi) is 3.01. The largest absolute Gasteiger partial charge is 0.388 e. The second-order valence-electron chi connectivity index (χ2n) is 6.50. The van der Waals surface area contributed by atoms with Crippen LogP contribution >= 0.6 is 0 Å². The molecule has 4 nitrogen and oxygen atoms in total. The summed E-state index contributed by atoms with van der Waals surface area (Å²) in [6.07, 6.45) is 3.83. The average Bonchev–Trinajstić information content (AvgIpc) is 2.50. The predicted molar refractivity (Wildman–Crippen MR) is 75.4 cm³/mol. The highest BCUT2D eigenvalue weighted by molar-refractivity contribution is 5.36. The maximum atomic E-state index is 10.3. The van der Waals surface area contributed by atoms with Gasteiger partial charge in [0, 0.05) is 36.3 Å². The molecule has 0 unspecified atom stereocenters. The summed E-state index contributed by atoms with van der Waals surface area (Å²) in [5.41, 5.74) is 1.59. The molecule has 19 heavy (non-hydrogen) atoms. The molecule has 1 aromatic rings. The number of aromatic nitrogens is 2. The standard InChI is InChI=1S/C15H23N3O/c1-10-8-18(9-15(10,3)19)14-16-11(2)7-13(17-14)12-5-4-6-12/h7,10,12,19H,4-6,8-9H2,1-3H3/t10-,15+/m1/s1. The molecule has 1 aromatic heterocycles. The van der Waals surface area contributed by atoms with Gasteiger partial charge < -0.3 is 10.0 Å².